The number of rotatable bonds is 8. The average molecular weight is 388 g/mol. The van der Waals surface area contributed by atoms with E-state index in [1.807, 2.05) is 6.92 Å². The van der Waals surface area contributed by atoms with Crippen LogP contribution in [0.4, 0.5) is 4.79 Å². The van der Waals surface area contributed by atoms with E-state index >= 15 is 0 Å². The first kappa shape index (κ1) is 19.5. The number of amides is 4. The molecule has 9 heteroatoms. The van der Waals surface area contributed by atoms with Crippen molar-refractivity contribution >= 4 is 41.6 Å². The SMILES string of the molecule is CCCCC1([C@H](Cc2ccc(Cl)c(Cl)c2)N(O)C=O)NC(=O)NC1=O. The number of hydrogen-bond acceptors (Lipinski definition) is 4. The summed E-state index contributed by atoms with van der Waals surface area (Å²) < 4.78 is 0. The highest BCUT2D eigenvalue weighted by Crippen LogP contribution is 2.30. The van der Waals surface area contributed by atoms with Crippen molar-refractivity contribution in [1.29, 1.82) is 0 Å². The normalized spacial score (nSPS) is 20.8. The summed E-state index contributed by atoms with van der Waals surface area (Å²) in [6.45, 7) is 1.94. The first-order chi connectivity index (χ1) is 11.8. The van der Waals surface area contributed by atoms with Crippen LogP contribution < -0.4 is 10.6 Å². The van der Waals surface area contributed by atoms with Crippen molar-refractivity contribution in [3.63, 3.8) is 0 Å². The fraction of sp³-hybridized carbons (Fsp3) is 0.438. The number of carbonyl (C=O) groups excluding carboxylic acids is 3. The zero-order chi connectivity index (χ0) is 18.6. The summed E-state index contributed by atoms with van der Waals surface area (Å²) in [6.07, 6.45) is 1.99. The first-order valence-corrected chi connectivity index (χ1v) is 8.59. The summed E-state index contributed by atoms with van der Waals surface area (Å²) in [4.78, 5) is 35.4. The molecular formula is C16H19Cl2N3O4. The molecule has 2 atom stereocenters. The van der Waals surface area contributed by atoms with Crippen molar-refractivity contribution in [1.82, 2.24) is 15.7 Å². The van der Waals surface area contributed by atoms with Crippen LogP contribution in [0.5, 0.6) is 0 Å². The summed E-state index contributed by atoms with van der Waals surface area (Å²) in [5.74, 6) is -0.572. The van der Waals surface area contributed by atoms with Gasteiger partial charge >= 0.3 is 6.03 Å². The molecule has 25 heavy (non-hydrogen) atoms. The molecule has 1 aromatic rings. The van der Waals surface area contributed by atoms with E-state index in [1.54, 1.807) is 18.2 Å². The molecule has 1 fully saturated rings. The van der Waals surface area contributed by atoms with Crippen LogP contribution in [0.3, 0.4) is 0 Å². The second-order valence-corrected chi connectivity index (χ2v) is 6.75. The Hall–Kier alpha value is -1.83. The third kappa shape index (κ3) is 4.05. The van der Waals surface area contributed by atoms with Crippen LogP contribution in [0.2, 0.25) is 10.0 Å². The van der Waals surface area contributed by atoms with Gasteiger partial charge in [-0.3, -0.25) is 20.1 Å². The highest BCUT2D eigenvalue weighted by molar-refractivity contribution is 6.42. The molecule has 4 amide bonds. The number of nitrogens with zero attached hydrogens (tertiary/aromatic N) is 1. The third-order valence-electron chi connectivity index (χ3n) is 4.30. The molecule has 0 saturated carbocycles. The van der Waals surface area contributed by atoms with Gasteiger partial charge in [0.1, 0.15) is 5.54 Å². The minimum absolute atomic E-state index is 0.101. The van der Waals surface area contributed by atoms with Crippen molar-refractivity contribution < 1.29 is 19.6 Å². The molecule has 0 aliphatic carbocycles. The van der Waals surface area contributed by atoms with E-state index in [1.165, 1.54) is 0 Å². The summed E-state index contributed by atoms with van der Waals surface area (Å²) in [5.41, 5.74) is -0.764. The van der Waals surface area contributed by atoms with Gasteiger partial charge in [0, 0.05) is 0 Å². The maximum Gasteiger partial charge on any atom is 0.322 e. The van der Waals surface area contributed by atoms with Gasteiger partial charge in [0.25, 0.3) is 5.91 Å². The van der Waals surface area contributed by atoms with Crippen LogP contribution >= 0.6 is 23.2 Å². The maximum absolute atomic E-state index is 12.5. The number of hydroxylamine groups is 2. The van der Waals surface area contributed by atoms with Crippen molar-refractivity contribution in [2.45, 2.75) is 44.2 Å². The second-order valence-electron chi connectivity index (χ2n) is 5.94. The van der Waals surface area contributed by atoms with E-state index in [4.69, 9.17) is 23.2 Å². The van der Waals surface area contributed by atoms with Crippen LogP contribution in [0.25, 0.3) is 0 Å². The zero-order valence-electron chi connectivity index (χ0n) is 13.6. The van der Waals surface area contributed by atoms with Gasteiger partial charge in [-0.2, -0.15) is 0 Å². The fourth-order valence-electron chi connectivity index (χ4n) is 3.00. The molecule has 2 rings (SSSR count). The number of imide groups is 1. The molecule has 0 bridgehead atoms. The molecule has 0 radical (unpaired) electrons. The minimum Gasteiger partial charge on any atom is -0.321 e. The molecule has 1 aliphatic rings. The monoisotopic (exact) mass is 387 g/mol. The number of unbranched alkanes of at least 4 members (excludes halogenated alkanes) is 1. The Bertz CT molecular complexity index is 685. The number of hydrogen-bond donors (Lipinski definition) is 3. The van der Waals surface area contributed by atoms with E-state index < -0.39 is 23.5 Å². The minimum atomic E-state index is -1.42. The predicted molar refractivity (Wildman–Crippen MR) is 92.6 cm³/mol. The van der Waals surface area contributed by atoms with E-state index in [0.717, 1.165) is 6.42 Å². The van der Waals surface area contributed by atoms with Gasteiger partial charge in [0.15, 0.2) is 0 Å². The molecule has 7 nitrogen and oxygen atoms in total. The Kier molecular flexibility index (Phi) is 6.26. The largest absolute Gasteiger partial charge is 0.322 e. The van der Waals surface area contributed by atoms with Gasteiger partial charge in [-0.25, -0.2) is 9.86 Å². The number of urea groups is 1. The Morgan fingerprint density at radius 2 is 2.04 bits per heavy atom. The van der Waals surface area contributed by atoms with Crippen LogP contribution in [0, 0.1) is 0 Å². The van der Waals surface area contributed by atoms with E-state index in [9.17, 15) is 19.6 Å². The first-order valence-electron chi connectivity index (χ1n) is 7.84. The molecule has 0 aromatic heterocycles. The predicted octanol–water partition coefficient (Wildman–Crippen LogP) is 2.52. The molecule has 1 aromatic carbocycles. The molecular weight excluding hydrogens is 369 g/mol. The number of carbonyl (C=O) groups is 3. The number of nitrogens with one attached hydrogen (secondary N) is 2. The molecule has 136 valence electrons. The summed E-state index contributed by atoms with van der Waals surface area (Å²) >= 11 is 11.9. The van der Waals surface area contributed by atoms with Gasteiger partial charge in [0.05, 0.1) is 16.1 Å². The molecule has 1 heterocycles. The quantitative estimate of drug-likeness (QED) is 0.276. The van der Waals surface area contributed by atoms with Gasteiger partial charge in [-0.15, -0.1) is 0 Å². The van der Waals surface area contributed by atoms with Gasteiger partial charge < -0.3 is 5.32 Å². The lowest BCUT2D eigenvalue weighted by Gasteiger charge is -2.37. The standard InChI is InChI=1S/C16H19Cl2N3O4/c1-2-3-6-16(14(23)19-15(24)20-16)13(21(25)9-22)8-10-4-5-11(17)12(18)7-10/h4-5,7,9,13,25H,2-3,6,8H2,1H3,(H2,19,20,23,24)/t13-,16?/m0/s1. The van der Waals surface area contributed by atoms with Crippen LogP contribution in [0.1, 0.15) is 31.7 Å². The van der Waals surface area contributed by atoms with Crippen molar-refractivity contribution in [3.05, 3.63) is 33.8 Å². The molecule has 1 unspecified atom stereocenters. The van der Waals surface area contributed by atoms with E-state index in [-0.39, 0.29) is 19.3 Å². The van der Waals surface area contributed by atoms with E-state index in [2.05, 4.69) is 10.6 Å². The Morgan fingerprint density at radius 1 is 1.32 bits per heavy atom. The van der Waals surface area contributed by atoms with Crippen molar-refractivity contribution in [2.75, 3.05) is 0 Å². The summed E-state index contributed by atoms with van der Waals surface area (Å²) in [7, 11) is 0. The third-order valence-corrected chi connectivity index (χ3v) is 5.04. The lowest BCUT2D eigenvalue weighted by Crippen LogP contribution is -2.62. The topological polar surface area (TPSA) is 98.7 Å². The lowest BCUT2D eigenvalue weighted by atomic mass is 9.81. The van der Waals surface area contributed by atoms with Crippen molar-refractivity contribution in [3.8, 4) is 0 Å². The molecule has 0 spiro atoms. The summed E-state index contributed by atoms with van der Waals surface area (Å²) in [5, 5.41) is 16.0. The maximum atomic E-state index is 12.5. The fourth-order valence-corrected chi connectivity index (χ4v) is 3.32. The number of halogens is 2. The van der Waals surface area contributed by atoms with Crippen LogP contribution in [-0.2, 0) is 16.0 Å². The molecule has 3 N–H and O–H groups in total. The van der Waals surface area contributed by atoms with Gasteiger partial charge in [-0.05, 0) is 30.5 Å². The second kappa shape index (κ2) is 8.03. The Labute approximate surface area is 155 Å². The Balaban J connectivity index is 2.41. The smallest absolute Gasteiger partial charge is 0.321 e. The van der Waals surface area contributed by atoms with Crippen LogP contribution in [-0.4, -0.2) is 40.2 Å². The Morgan fingerprint density at radius 3 is 2.56 bits per heavy atom. The summed E-state index contributed by atoms with van der Waals surface area (Å²) in [6, 6.07) is 3.21. The zero-order valence-corrected chi connectivity index (χ0v) is 15.1. The average Bonchev–Trinajstić information content (AvgIpc) is 2.87. The molecule has 1 saturated heterocycles. The molecule has 1 aliphatic heterocycles. The number of benzene rings is 1. The highest BCUT2D eigenvalue weighted by atomic mass is 35.5. The van der Waals surface area contributed by atoms with E-state index in [0.29, 0.717) is 27.1 Å². The van der Waals surface area contributed by atoms with Gasteiger partial charge in [-0.1, -0.05) is 49.0 Å². The van der Waals surface area contributed by atoms with Crippen molar-refractivity contribution in [2.24, 2.45) is 0 Å². The van der Waals surface area contributed by atoms with Crippen LogP contribution in [0.15, 0.2) is 18.2 Å². The van der Waals surface area contributed by atoms with Gasteiger partial charge in [0.2, 0.25) is 6.41 Å². The highest BCUT2D eigenvalue weighted by Gasteiger charge is 2.53. The lowest BCUT2D eigenvalue weighted by molar-refractivity contribution is -0.170.